The molecule has 2 amide bonds. The lowest BCUT2D eigenvalue weighted by Gasteiger charge is -2.28. The van der Waals surface area contributed by atoms with E-state index < -0.39 is 11.4 Å². The van der Waals surface area contributed by atoms with E-state index in [1.165, 1.54) is 4.90 Å². The Labute approximate surface area is 129 Å². The van der Waals surface area contributed by atoms with E-state index in [1.54, 1.807) is 27.0 Å². The highest BCUT2D eigenvalue weighted by Crippen LogP contribution is 2.26. The number of hydrogen-bond donors (Lipinski definition) is 2. The maximum Gasteiger partial charge on any atom is 0.317 e. The van der Waals surface area contributed by atoms with Gasteiger partial charge in [-0.2, -0.15) is 0 Å². The first kappa shape index (κ1) is 17.3. The van der Waals surface area contributed by atoms with Crippen LogP contribution in [0.5, 0.6) is 0 Å². The van der Waals surface area contributed by atoms with Gasteiger partial charge in [-0.15, -0.1) is 0 Å². The number of aliphatic carboxylic acids is 1. The van der Waals surface area contributed by atoms with Gasteiger partial charge in [0, 0.05) is 18.6 Å². The van der Waals surface area contributed by atoms with Crippen LogP contribution in [0.25, 0.3) is 0 Å². The Balaban J connectivity index is 2.71. The molecule has 116 valence electrons. The summed E-state index contributed by atoms with van der Waals surface area (Å²) in [7, 11) is 1.65. The summed E-state index contributed by atoms with van der Waals surface area (Å²) in [5.74, 6) is -0.954. The molecule has 0 heterocycles. The van der Waals surface area contributed by atoms with E-state index >= 15 is 0 Å². The van der Waals surface area contributed by atoms with Crippen molar-refractivity contribution in [1.29, 1.82) is 0 Å². The molecule has 21 heavy (non-hydrogen) atoms. The lowest BCUT2D eigenvalue weighted by molar-refractivity contribution is -0.146. The van der Waals surface area contributed by atoms with Crippen molar-refractivity contribution in [3.63, 3.8) is 0 Å². The Bertz CT molecular complexity index is 531. The highest BCUT2D eigenvalue weighted by atomic mass is 35.5. The third-order valence-electron chi connectivity index (χ3n) is 3.52. The molecule has 0 aromatic heterocycles. The van der Waals surface area contributed by atoms with Crippen molar-refractivity contribution >= 4 is 23.6 Å². The summed E-state index contributed by atoms with van der Waals surface area (Å²) in [5, 5.41) is 12.3. The van der Waals surface area contributed by atoms with Gasteiger partial charge in [0.05, 0.1) is 11.5 Å². The summed E-state index contributed by atoms with van der Waals surface area (Å²) in [6, 6.07) is 6.76. The van der Waals surface area contributed by atoms with Gasteiger partial charge in [0.1, 0.15) is 0 Å². The molecule has 2 N–H and O–H groups in total. The Morgan fingerprint density at radius 3 is 2.48 bits per heavy atom. The maximum atomic E-state index is 12.1. The molecule has 1 atom stereocenters. The van der Waals surface area contributed by atoms with E-state index in [1.807, 2.05) is 25.1 Å². The molecule has 1 unspecified atom stereocenters. The molecule has 0 aliphatic carbocycles. The molecule has 5 nitrogen and oxygen atoms in total. The van der Waals surface area contributed by atoms with Gasteiger partial charge >= 0.3 is 12.0 Å². The zero-order valence-corrected chi connectivity index (χ0v) is 13.4. The lowest BCUT2D eigenvalue weighted by Crippen LogP contribution is -2.44. The number of nitrogens with one attached hydrogen (secondary N) is 1. The van der Waals surface area contributed by atoms with Crippen LogP contribution in [0.3, 0.4) is 0 Å². The number of urea groups is 1. The predicted octanol–water partition coefficient (Wildman–Crippen LogP) is 3.15. The molecule has 1 aromatic rings. The first-order valence-corrected chi connectivity index (χ1v) is 7.03. The molecular formula is C15H21ClN2O3. The van der Waals surface area contributed by atoms with Gasteiger partial charge in [-0.05, 0) is 32.4 Å². The van der Waals surface area contributed by atoms with Gasteiger partial charge in [0.25, 0.3) is 0 Å². The average Bonchev–Trinajstić information content (AvgIpc) is 2.43. The van der Waals surface area contributed by atoms with Crippen molar-refractivity contribution < 1.29 is 14.7 Å². The van der Waals surface area contributed by atoms with Gasteiger partial charge in [0.2, 0.25) is 0 Å². The molecular weight excluding hydrogens is 292 g/mol. The van der Waals surface area contributed by atoms with E-state index in [0.29, 0.717) is 5.02 Å². The fourth-order valence-electron chi connectivity index (χ4n) is 1.70. The second-order valence-electron chi connectivity index (χ2n) is 5.66. The van der Waals surface area contributed by atoms with Crippen LogP contribution in [0.4, 0.5) is 4.79 Å². The smallest absolute Gasteiger partial charge is 0.317 e. The second kappa shape index (κ2) is 6.80. The zero-order chi connectivity index (χ0) is 16.2. The fraction of sp³-hybridized carbons (Fsp3) is 0.467. The summed E-state index contributed by atoms with van der Waals surface area (Å²) >= 11 is 6.12. The minimum Gasteiger partial charge on any atom is -0.481 e. The Morgan fingerprint density at radius 2 is 1.95 bits per heavy atom. The molecule has 6 heteroatoms. The van der Waals surface area contributed by atoms with Crippen LogP contribution >= 0.6 is 11.6 Å². The number of carboxylic acids is 1. The van der Waals surface area contributed by atoms with Gasteiger partial charge in [0.15, 0.2) is 0 Å². The van der Waals surface area contributed by atoms with Gasteiger partial charge in [-0.25, -0.2) is 4.79 Å². The number of amides is 2. The summed E-state index contributed by atoms with van der Waals surface area (Å²) in [6.45, 7) is 5.05. The quantitative estimate of drug-likeness (QED) is 0.877. The van der Waals surface area contributed by atoms with Crippen LogP contribution in [-0.2, 0) is 4.79 Å². The Morgan fingerprint density at radius 1 is 1.38 bits per heavy atom. The van der Waals surface area contributed by atoms with Gasteiger partial charge in [-0.1, -0.05) is 29.8 Å². The number of carboxylic acid groups (broad SMARTS) is 1. The van der Waals surface area contributed by atoms with Crippen molar-refractivity contribution in [1.82, 2.24) is 10.2 Å². The first-order chi connectivity index (χ1) is 9.66. The van der Waals surface area contributed by atoms with Crippen LogP contribution in [-0.4, -0.2) is 35.6 Å². The van der Waals surface area contributed by atoms with E-state index in [0.717, 1.165) is 5.56 Å². The fourth-order valence-corrected chi connectivity index (χ4v) is 1.99. The molecule has 0 aliphatic rings. The third-order valence-corrected chi connectivity index (χ3v) is 3.86. The topological polar surface area (TPSA) is 69.6 Å². The van der Waals surface area contributed by atoms with Crippen LogP contribution in [0.1, 0.15) is 32.4 Å². The standard InChI is InChI=1S/C15H21ClN2O3/c1-10(11-7-5-6-8-12(11)16)18(4)14(21)17-9-15(2,3)13(19)20/h5-8,10H,9H2,1-4H3,(H,17,21)(H,19,20). The molecule has 0 aliphatic heterocycles. The average molecular weight is 313 g/mol. The number of nitrogens with zero attached hydrogens (tertiary/aromatic N) is 1. The summed E-state index contributed by atoms with van der Waals surface area (Å²) < 4.78 is 0. The maximum absolute atomic E-state index is 12.1. The van der Waals surface area contributed by atoms with Crippen LogP contribution in [0.15, 0.2) is 24.3 Å². The SMILES string of the molecule is CC(c1ccccc1Cl)N(C)C(=O)NCC(C)(C)C(=O)O. The number of carbonyl (C=O) groups excluding carboxylic acids is 1. The summed E-state index contributed by atoms with van der Waals surface area (Å²) in [6.07, 6.45) is 0. The van der Waals surface area contributed by atoms with E-state index in [-0.39, 0.29) is 18.6 Å². The minimum atomic E-state index is -1.01. The molecule has 1 aromatic carbocycles. The Kier molecular flexibility index (Phi) is 5.61. The van der Waals surface area contributed by atoms with E-state index in [2.05, 4.69) is 5.32 Å². The number of rotatable bonds is 5. The first-order valence-electron chi connectivity index (χ1n) is 6.65. The monoisotopic (exact) mass is 312 g/mol. The zero-order valence-electron chi connectivity index (χ0n) is 12.7. The molecule has 1 rings (SSSR count). The van der Waals surface area contributed by atoms with Crippen LogP contribution in [0.2, 0.25) is 5.02 Å². The molecule has 0 bridgehead atoms. The Hall–Kier alpha value is -1.75. The predicted molar refractivity (Wildman–Crippen MR) is 82.4 cm³/mol. The minimum absolute atomic E-state index is 0.0563. The van der Waals surface area contributed by atoms with Gasteiger partial charge < -0.3 is 15.3 Å². The van der Waals surface area contributed by atoms with Crippen LogP contribution in [0, 0.1) is 5.41 Å². The van der Waals surface area contributed by atoms with Crippen molar-refractivity contribution in [3.8, 4) is 0 Å². The number of benzene rings is 1. The largest absolute Gasteiger partial charge is 0.481 e. The van der Waals surface area contributed by atoms with Crippen molar-refractivity contribution in [3.05, 3.63) is 34.9 Å². The summed E-state index contributed by atoms with van der Waals surface area (Å²) in [5.41, 5.74) is -0.168. The second-order valence-corrected chi connectivity index (χ2v) is 6.06. The van der Waals surface area contributed by atoms with Gasteiger partial charge in [-0.3, -0.25) is 4.79 Å². The normalized spacial score (nSPS) is 12.6. The molecule has 0 fully saturated rings. The molecule has 0 spiro atoms. The lowest BCUT2D eigenvalue weighted by atomic mass is 9.94. The van der Waals surface area contributed by atoms with Crippen LogP contribution < -0.4 is 5.32 Å². The highest BCUT2D eigenvalue weighted by molar-refractivity contribution is 6.31. The number of carbonyl (C=O) groups is 2. The van der Waals surface area contributed by atoms with Crippen molar-refractivity contribution in [2.24, 2.45) is 5.41 Å². The number of halogens is 1. The highest BCUT2D eigenvalue weighted by Gasteiger charge is 2.28. The van der Waals surface area contributed by atoms with E-state index in [9.17, 15) is 9.59 Å². The molecule has 0 saturated carbocycles. The van der Waals surface area contributed by atoms with E-state index in [4.69, 9.17) is 16.7 Å². The molecule has 0 radical (unpaired) electrons. The summed E-state index contributed by atoms with van der Waals surface area (Å²) in [4.78, 5) is 24.6. The molecule has 0 saturated heterocycles. The van der Waals surface area contributed by atoms with Crippen molar-refractivity contribution in [2.75, 3.05) is 13.6 Å². The third kappa shape index (κ3) is 4.36. The van der Waals surface area contributed by atoms with Crippen molar-refractivity contribution in [2.45, 2.75) is 26.8 Å². The number of hydrogen-bond acceptors (Lipinski definition) is 2.